The third-order valence-electron chi connectivity index (χ3n) is 8.32. The molecule has 0 radical (unpaired) electrons. The molecule has 8 aromatic rings. The molecule has 0 aliphatic carbocycles. The molecule has 8 rings (SSSR count). The van der Waals surface area contributed by atoms with Gasteiger partial charge in [0.1, 0.15) is 17.0 Å². The van der Waals surface area contributed by atoms with Crippen LogP contribution in [0.25, 0.3) is 71.9 Å². The number of hydrogen-bond acceptors (Lipinski definition) is 2. The standard InChI is InChI=1S/C39H30N2O/c1-39(2,3)32-21-12-18-28(25-13-5-4-6-14-25)36(32)41-34-24-27-16-8-7-15-26(27)23-33(34)40-38(41)31-20-11-19-30-29-17-9-10-22-35(29)42-37(30)31/h4-24H,1-3H3. The molecule has 0 amide bonds. The van der Waals surface area contributed by atoms with Crippen molar-refractivity contribution in [2.24, 2.45) is 0 Å². The molecule has 0 fully saturated rings. The number of fused-ring (bicyclic) bond motifs is 5. The Balaban J connectivity index is 1.56. The van der Waals surface area contributed by atoms with Crippen molar-refractivity contribution in [1.82, 2.24) is 9.55 Å². The van der Waals surface area contributed by atoms with Gasteiger partial charge in [0.2, 0.25) is 0 Å². The molecule has 0 aliphatic rings. The summed E-state index contributed by atoms with van der Waals surface area (Å²) in [7, 11) is 0. The lowest BCUT2D eigenvalue weighted by Crippen LogP contribution is -2.16. The molecule has 42 heavy (non-hydrogen) atoms. The van der Waals surface area contributed by atoms with E-state index < -0.39 is 0 Å². The first-order valence-corrected chi connectivity index (χ1v) is 14.5. The summed E-state index contributed by atoms with van der Waals surface area (Å²) in [6, 6.07) is 45.0. The van der Waals surface area contributed by atoms with Gasteiger partial charge in [0, 0.05) is 16.3 Å². The molecular weight excluding hydrogens is 512 g/mol. The maximum absolute atomic E-state index is 6.56. The van der Waals surface area contributed by atoms with E-state index in [0.717, 1.165) is 50.0 Å². The summed E-state index contributed by atoms with van der Waals surface area (Å²) in [5, 5.41) is 4.58. The molecule has 0 saturated heterocycles. The van der Waals surface area contributed by atoms with Crippen LogP contribution in [0.3, 0.4) is 0 Å². The van der Waals surface area contributed by atoms with Gasteiger partial charge in [-0.15, -0.1) is 0 Å². The molecule has 3 heteroatoms. The highest BCUT2D eigenvalue weighted by Gasteiger charge is 2.27. The minimum atomic E-state index is -0.115. The van der Waals surface area contributed by atoms with E-state index in [1.54, 1.807) is 0 Å². The van der Waals surface area contributed by atoms with Crippen molar-refractivity contribution in [3.8, 4) is 28.2 Å². The van der Waals surface area contributed by atoms with Crippen LogP contribution in [0.4, 0.5) is 0 Å². The molecule has 0 aliphatic heterocycles. The normalized spacial score (nSPS) is 12.2. The van der Waals surface area contributed by atoms with Crippen LogP contribution in [0.1, 0.15) is 26.3 Å². The van der Waals surface area contributed by atoms with Gasteiger partial charge in [-0.2, -0.15) is 0 Å². The highest BCUT2D eigenvalue weighted by molar-refractivity contribution is 6.10. The number of para-hydroxylation sites is 3. The third kappa shape index (κ3) is 3.77. The fourth-order valence-electron chi connectivity index (χ4n) is 6.33. The summed E-state index contributed by atoms with van der Waals surface area (Å²) in [6.07, 6.45) is 0. The van der Waals surface area contributed by atoms with E-state index in [-0.39, 0.29) is 5.41 Å². The van der Waals surface area contributed by atoms with Crippen molar-refractivity contribution in [1.29, 1.82) is 0 Å². The Morgan fingerprint density at radius 2 is 1.29 bits per heavy atom. The number of imidazole rings is 1. The Kier molecular flexibility index (Phi) is 5.39. The van der Waals surface area contributed by atoms with E-state index >= 15 is 0 Å². The van der Waals surface area contributed by atoms with Gasteiger partial charge in [-0.25, -0.2) is 4.98 Å². The Morgan fingerprint density at radius 1 is 0.619 bits per heavy atom. The van der Waals surface area contributed by atoms with Crippen LogP contribution >= 0.6 is 0 Å². The molecule has 0 spiro atoms. The van der Waals surface area contributed by atoms with E-state index in [1.165, 1.54) is 27.5 Å². The molecule has 2 aromatic heterocycles. The zero-order valence-electron chi connectivity index (χ0n) is 23.9. The van der Waals surface area contributed by atoms with Gasteiger partial charge in [0.05, 0.1) is 22.3 Å². The lowest BCUT2D eigenvalue weighted by atomic mass is 9.83. The van der Waals surface area contributed by atoms with Gasteiger partial charge in [-0.05, 0) is 51.6 Å². The SMILES string of the molecule is CC(C)(C)c1cccc(-c2ccccc2)c1-n1c(-c2cccc3c2oc2ccccc23)nc2cc3ccccc3cc21. The van der Waals surface area contributed by atoms with E-state index in [9.17, 15) is 0 Å². The smallest absolute Gasteiger partial charge is 0.149 e. The van der Waals surface area contributed by atoms with Crippen LogP contribution in [0, 0.1) is 0 Å². The van der Waals surface area contributed by atoms with Crippen molar-refractivity contribution < 1.29 is 4.42 Å². The number of hydrogen-bond donors (Lipinski definition) is 0. The summed E-state index contributed by atoms with van der Waals surface area (Å²) in [6.45, 7) is 6.86. The highest BCUT2D eigenvalue weighted by Crippen LogP contribution is 2.43. The second-order valence-electron chi connectivity index (χ2n) is 12.1. The van der Waals surface area contributed by atoms with Gasteiger partial charge >= 0.3 is 0 Å². The van der Waals surface area contributed by atoms with Crippen molar-refractivity contribution in [3.05, 3.63) is 133 Å². The van der Waals surface area contributed by atoms with Crippen LogP contribution < -0.4 is 0 Å². The van der Waals surface area contributed by atoms with E-state index in [4.69, 9.17) is 9.40 Å². The largest absolute Gasteiger partial charge is 0.455 e. The Labute approximate surface area is 244 Å². The summed E-state index contributed by atoms with van der Waals surface area (Å²) in [5.41, 5.74) is 9.39. The van der Waals surface area contributed by atoms with Gasteiger partial charge in [-0.1, -0.05) is 124 Å². The summed E-state index contributed by atoms with van der Waals surface area (Å²) in [5.74, 6) is 0.874. The molecule has 0 unspecified atom stereocenters. The number of rotatable bonds is 3. The average molecular weight is 543 g/mol. The van der Waals surface area contributed by atoms with Crippen LogP contribution in [-0.4, -0.2) is 9.55 Å². The first-order valence-electron chi connectivity index (χ1n) is 14.5. The monoisotopic (exact) mass is 542 g/mol. The van der Waals surface area contributed by atoms with Crippen LogP contribution in [0.15, 0.2) is 132 Å². The predicted molar refractivity (Wildman–Crippen MR) is 175 cm³/mol. The topological polar surface area (TPSA) is 31.0 Å². The lowest BCUT2D eigenvalue weighted by molar-refractivity contribution is 0.587. The van der Waals surface area contributed by atoms with Crippen LogP contribution in [0.2, 0.25) is 0 Å². The molecule has 2 heterocycles. The summed E-state index contributed by atoms with van der Waals surface area (Å²) < 4.78 is 8.94. The second kappa shape index (κ2) is 9.19. The Morgan fingerprint density at radius 3 is 2.10 bits per heavy atom. The first kappa shape index (κ1) is 24.6. The molecule has 202 valence electrons. The lowest BCUT2D eigenvalue weighted by Gasteiger charge is -2.27. The summed E-state index contributed by atoms with van der Waals surface area (Å²) in [4.78, 5) is 5.39. The first-order chi connectivity index (χ1) is 20.5. The second-order valence-corrected chi connectivity index (χ2v) is 12.1. The minimum Gasteiger partial charge on any atom is -0.455 e. The Bertz CT molecular complexity index is 2280. The zero-order chi connectivity index (χ0) is 28.4. The van der Waals surface area contributed by atoms with E-state index in [1.807, 2.05) is 12.1 Å². The van der Waals surface area contributed by atoms with E-state index in [2.05, 4.69) is 141 Å². The predicted octanol–water partition coefficient (Wildman–Crippen LogP) is 10.7. The maximum Gasteiger partial charge on any atom is 0.149 e. The average Bonchev–Trinajstić information content (AvgIpc) is 3.57. The quantitative estimate of drug-likeness (QED) is 0.222. The van der Waals surface area contributed by atoms with Crippen LogP contribution in [-0.2, 0) is 5.41 Å². The van der Waals surface area contributed by atoms with Crippen molar-refractivity contribution >= 4 is 43.7 Å². The number of nitrogens with zero attached hydrogens (tertiary/aromatic N) is 2. The van der Waals surface area contributed by atoms with E-state index in [0.29, 0.717) is 0 Å². The molecule has 6 aromatic carbocycles. The fourth-order valence-corrected chi connectivity index (χ4v) is 6.33. The number of aromatic nitrogens is 2. The molecule has 0 bridgehead atoms. The molecule has 0 N–H and O–H groups in total. The number of furan rings is 1. The van der Waals surface area contributed by atoms with Crippen molar-refractivity contribution in [3.63, 3.8) is 0 Å². The fraction of sp³-hybridized carbons (Fsp3) is 0.103. The van der Waals surface area contributed by atoms with Crippen molar-refractivity contribution in [2.75, 3.05) is 0 Å². The van der Waals surface area contributed by atoms with Gasteiger partial charge < -0.3 is 4.42 Å². The third-order valence-corrected chi connectivity index (χ3v) is 8.32. The van der Waals surface area contributed by atoms with Crippen LogP contribution in [0.5, 0.6) is 0 Å². The zero-order valence-corrected chi connectivity index (χ0v) is 23.9. The minimum absolute atomic E-state index is 0.115. The number of benzene rings is 6. The van der Waals surface area contributed by atoms with Gasteiger partial charge in [-0.3, -0.25) is 4.57 Å². The molecule has 0 saturated carbocycles. The van der Waals surface area contributed by atoms with Gasteiger partial charge in [0.15, 0.2) is 0 Å². The Hall–Kier alpha value is -5.15. The maximum atomic E-state index is 6.56. The summed E-state index contributed by atoms with van der Waals surface area (Å²) >= 11 is 0. The highest BCUT2D eigenvalue weighted by atomic mass is 16.3. The molecule has 3 nitrogen and oxygen atoms in total. The molecule has 0 atom stereocenters. The van der Waals surface area contributed by atoms with Gasteiger partial charge in [0.25, 0.3) is 0 Å². The van der Waals surface area contributed by atoms with Crippen molar-refractivity contribution in [2.45, 2.75) is 26.2 Å². The molecular formula is C39H30N2O.